The molecule has 190 valence electrons. The summed E-state index contributed by atoms with van der Waals surface area (Å²) in [5.41, 5.74) is 13.2. The van der Waals surface area contributed by atoms with Gasteiger partial charge in [0.2, 0.25) is 0 Å². The Bertz CT molecular complexity index is 1570. The molecule has 1 aliphatic rings. The Labute approximate surface area is 227 Å². The highest BCUT2D eigenvalue weighted by molar-refractivity contribution is 5.81. The Balaban J connectivity index is 0.00000294. The Hall–Kier alpha value is -4.10. The van der Waals surface area contributed by atoms with Crippen LogP contribution < -0.4 is 4.74 Å². The minimum Gasteiger partial charge on any atom is -0.496 e. The van der Waals surface area contributed by atoms with E-state index >= 15 is 0 Å². The third kappa shape index (κ3) is 4.54. The highest BCUT2D eigenvalue weighted by Gasteiger charge is 2.34. The first-order chi connectivity index (χ1) is 18.0. The van der Waals surface area contributed by atoms with Crippen molar-refractivity contribution in [1.82, 2.24) is 0 Å². The first-order valence-electron chi connectivity index (χ1n) is 13.1. The van der Waals surface area contributed by atoms with Crippen LogP contribution in [0.15, 0.2) is 115 Å². The lowest BCUT2D eigenvalue weighted by molar-refractivity contribution is 0.416. The fraction of sp³-hybridized carbons (Fsp3) is 0.189. The molecular formula is C37H36O. The van der Waals surface area contributed by atoms with Crippen LogP contribution in [0.25, 0.3) is 33.4 Å². The van der Waals surface area contributed by atoms with Crippen LogP contribution >= 0.6 is 0 Å². The lowest BCUT2D eigenvalue weighted by Crippen LogP contribution is -2.15. The second kappa shape index (κ2) is 10.3. The summed E-state index contributed by atoms with van der Waals surface area (Å²) in [4.78, 5) is 0. The molecule has 5 aromatic carbocycles. The number of hydrogen-bond donors (Lipinski definition) is 0. The monoisotopic (exact) mass is 496 g/mol. The number of fused-ring (bicyclic) bond motifs is 3. The van der Waals surface area contributed by atoms with Gasteiger partial charge in [-0.25, -0.2) is 0 Å². The Morgan fingerprint density at radius 1 is 0.526 bits per heavy atom. The summed E-state index contributed by atoms with van der Waals surface area (Å²) in [6.07, 6.45) is 2.08. The molecule has 0 radical (unpaired) electrons. The van der Waals surface area contributed by atoms with E-state index in [1.165, 1.54) is 50.1 Å². The van der Waals surface area contributed by atoms with Gasteiger partial charge in [-0.3, -0.25) is 0 Å². The van der Waals surface area contributed by atoms with Crippen molar-refractivity contribution in [2.24, 2.45) is 0 Å². The molecule has 0 fully saturated rings. The van der Waals surface area contributed by atoms with Gasteiger partial charge in [-0.2, -0.15) is 0 Å². The second-order valence-corrected chi connectivity index (χ2v) is 10.5. The third-order valence-electron chi connectivity index (χ3n) is 7.92. The first-order valence-corrected chi connectivity index (χ1v) is 13.1. The maximum Gasteiger partial charge on any atom is 0.126 e. The van der Waals surface area contributed by atoms with Crippen molar-refractivity contribution >= 4 is 0 Å². The summed E-state index contributed by atoms with van der Waals surface area (Å²) in [7, 11) is 1.73. The van der Waals surface area contributed by atoms with Crippen molar-refractivity contribution in [2.45, 2.75) is 39.5 Å². The number of hydrogen-bond acceptors (Lipinski definition) is 1. The normalized spacial score (nSPS) is 12.8. The molecule has 0 saturated carbocycles. The molecule has 0 aromatic heterocycles. The average Bonchev–Trinajstić information content (AvgIpc) is 3.18. The van der Waals surface area contributed by atoms with Gasteiger partial charge < -0.3 is 4.74 Å². The molecule has 0 heterocycles. The molecule has 0 bridgehead atoms. The molecule has 0 saturated heterocycles. The number of ether oxygens (including phenoxy) is 1. The molecule has 0 unspecified atom stereocenters. The van der Waals surface area contributed by atoms with Crippen LogP contribution in [0, 0.1) is 0 Å². The van der Waals surface area contributed by atoms with Crippen molar-refractivity contribution in [3.8, 4) is 39.1 Å². The van der Waals surface area contributed by atoms with Crippen molar-refractivity contribution in [2.75, 3.05) is 7.11 Å². The fourth-order valence-corrected chi connectivity index (χ4v) is 5.81. The molecule has 0 aliphatic heterocycles. The van der Waals surface area contributed by atoms with Crippen molar-refractivity contribution < 1.29 is 4.74 Å². The van der Waals surface area contributed by atoms with E-state index in [1.807, 2.05) is 12.1 Å². The fourth-order valence-electron chi connectivity index (χ4n) is 5.81. The van der Waals surface area contributed by atoms with Gasteiger partial charge in [0.25, 0.3) is 0 Å². The lowest BCUT2D eigenvalue weighted by Gasteiger charge is -2.22. The van der Waals surface area contributed by atoms with Gasteiger partial charge in [0.15, 0.2) is 0 Å². The van der Waals surface area contributed by atoms with E-state index in [0.29, 0.717) is 0 Å². The maximum absolute atomic E-state index is 5.58. The van der Waals surface area contributed by atoms with E-state index in [4.69, 9.17) is 4.74 Å². The minimum absolute atomic E-state index is 0. The quantitative estimate of drug-likeness (QED) is 0.227. The summed E-state index contributed by atoms with van der Waals surface area (Å²) in [6.45, 7) is 4.70. The van der Waals surface area contributed by atoms with Crippen LogP contribution in [0.4, 0.5) is 0 Å². The van der Waals surface area contributed by atoms with Gasteiger partial charge in [0.05, 0.1) is 7.11 Å². The van der Waals surface area contributed by atoms with E-state index in [9.17, 15) is 0 Å². The van der Waals surface area contributed by atoms with E-state index in [-0.39, 0.29) is 12.8 Å². The average molecular weight is 497 g/mol. The Morgan fingerprint density at radius 2 is 1.16 bits per heavy atom. The van der Waals surface area contributed by atoms with Crippen LogP contribution in [-0.4, -0.2) is 7.11 Å². The summed E-state index contributed by atoms with van der Waals surface area (Å²) < 4.78 is 5.58. The molecule has 38 heavy (non-hydrogen) atoms. The topological polar surface area (TPSA) is 9.23 Å². The molecule has 5 aromatic rings. The summed E-state index contributed by atoms with van der Waals surface area (Å²) in [5.74, 6) is 0.897. The standard InChI is InChI=1S/C36H32O.CH4/c1-36(2)33-13-6-4-12-31(33)32-22-19-26(23-34(32)36)16-15-25-17-20-27(21-18-25)28-9-8-10-29(24-28)30-11-5-7-14-35(30)37-3;/h4-14,17-24H,15-16H2,1-3H3;1H4. The molecule has 0 spiro atoms. The summed E-state index contributed by atoms with van der Waals surface area (Å²) in [5, 5.41) is 0. The van der Waals surface area contributed by atoms with E-state index in [1.54, 1.807) is 7.11 Å². The number of para-hydroxylation sites is 1. The number of rotatable bonds is 6. The predicted molar refractivity (Wildman–Crippen MR) is 162 cm³/mol. The van der Waals surface area contributed by atoms with Crippen molar-refractivity contribution in [1.29, 1.82) is 0 Å². The number of aryl methyl sites for hydroxylation is 2. The van der Waals surface area contributed by atoms with Gasteiger partial charge in [-0.1, -0.05) is 124 Å². The Morgan fingerprint density at radius 3 is 1.95 bits per heavy atom. The summed E-state index contributed by atoms with van der Waals surface area (Å²) >= 11 is 0. The zero-order valence-corrected chi connectivity index (χ0v) is 21.8. The van der Waals surface area contributed by atoms with Crippen molar-refractivity contribution in [3.05, 3.63) is 138 Å². The lowest BCUT2D eigenvalue weighted by atomic mass is 9.82. The van der Waals surface area contributed by atoms with E-state index in [2.05, 4.69) is 117 Å². The molecular weight excluding hydrogens is 460 g/mol. The SMILES string of the molecule is C.COc1ccccc1-c1cccc(-c2ccc(CCc3ccc4c(c3)C(C)(C)c3ccccc3-4)cc2)c1. The van der Waals surface area contributed by atoms with Gasteiger partial charge in [-0.05, 0) is 75.0 Å². The first kappa shape index (κ1) is 25.5. The molecule has 6 rings (SSSR count). The zero-order chi connectivity index (χ0) is 25.4. The van der Waals surface area contributed by atoms with E-state index in [0.717, 1.165) is 24.2 Å². The van der Waals surface area contributed by atoms with Crippen LogP contribution in [0.1, 0.15) is 43.5 Å². The number of methoxy groups -OCH3 is 1. The molecule has 1 aliphatic carbocycles. The smallest absolute Gasteiger partial charge is 0.126 e. The largest absolute Gasteiger partial charge is 0.496 e. The molecule has 1 heteroatoms. The number of benzene rings is 5. The van der Waals surface area contributed by atoms with Gasteiger partial charge >= 0.3 is 0 Å². The molecule has 0 amide bonds. The van der Waals surface area contributed by atoms with Crippen molar-refractivity contribution in [3.63, 3.8) is 0 Å². The van der Waals surface area contributed by atoms with E-state index < -0.39 is 0 Å². The van der Waals surface area contributed by atoms with Crippen LogP contribution in [0.5, 0.6) is 5.75 Å². The second-order valence-electron chi connectivity index (χ2n) is 10.5. The molecule has 0 N–H and O–H groups in total. The Kier molecular flexibility index (Phi) is 6.95. The van der Waals surface area contributed by atoms with Crippen LogP contribution in [-0.2, 0) is 18.3 Å². The summed E-state index contributed by atoms with van der Waals surface area (Å²) in [6, 6.07) is 41.9. The molecule has 1 nitrogen and oxygen atoms in total. The van der Waals surface area contributed by atoms with Gasteiger partial charge in [0.1, 0.15) is 5.75 Å². The third-order valence-corrected chi connectivity index (χ3v) is 7.92. The van der Waals surface area contributed by atoms with Gasteiger partial charge in [-0.15, -0.1) is 0 Å². The van der Waals surface area contributed by atoms with Gasteiger partial charge in [0, 0.05) is 11.0 Å². The highest BCUT2D eigenvalue weighted by atomic mass is 16.5. The van der Waals surface area contributed by atoms with Crippen LogP contribution in [0.2, 0.25) is 0 Å². The van der Waals surface area contributed by atoms with Crippen LogP contribution in [0.3, 0.4) is 0 Å². The minimum atomic E-state index is 0. The highest BCUT2D eigenvalue weighted by Crippen LogP contribution is 2.48. The molecule has 0 atom stereocenters. The maximum atomic E-state index is 5.58. The predicted octanol–water partition coefficient (Wildman–Crippen LogP) is 9.76. The zero-order valence-electron chi connectivity index (χ0n) is 21.8.